The van der Waals surface area contributed by atoms with Crippen LogP contribution in [-0.4, -0.2) is 81.7 Å². The highest BCUT2D eigenvalue weighted by Crippen LogP contribution is 2.03. The molecule has 0 unspecified atom stereocenters. The van der Waals surface area contributed by atoms with Gasteiger partial charge in [0.15, 0.2) is 5.96 Å². The molecule has 144 valence electrons. The molecule has 7 nitrogen and oxygen atoms in total. The molecular formula is C16H37N5O2S. The van der Waals surface area contributed by atoms with E-state index in [1.54, 1.807) is 7.05 Å². The fourth-order valence-corrected chi connectivity index (χ4v) is 3.59. The zero-order chi connectivity index (χ0) is 18.8. The quantitative estimate of drug-likeness (QED) is 0.325. The minimum atomic E-state index is -3.11. The summed E-state index contributed by atoms with van der Waals surface area (Å²) in [6.07, 6.45) is 1.99. The van der Waals surface area contributed by atoms with Gasteiger partial charge in [-0.25, -0.2) is 12.7 Å². The zero-order valence-corrected chi connectivity index (χ0v) is 17.3. The highest BCUT2D eigenvalue weighted by atomic mass is 32.2. The third-order valence-corrected chi connectivity index (χ3v) is 5.29. The standard InChI is InChI=1S/C16H37N5O2S/c1-8-20(24(7,22)23)12-9-10-18-16(17-6)19-11-13-21(14(2)3)15(4)5/h14-15H,8-13H2,1-7H3,(H2,17,18,19). The predicted molar refractivity (Wildman–Crippen MR) is 103 cm³/mol. The third kappa shape index (κ3) is 9.44. The monoisotopic (exact) mass is 363 g/mol. The number of nitrogens with zero attached hydrogens (tertiary/aromatic N) is 3. The van der Waals surface area contributed by atoms with Gasteiger partial charge in [0.25, 0.3) is 0 Å². The highest BCUT2D eigenvalue weighted by molar-refractivity contribution is 7.88. The molecular weight excluding hydrogens is 326 g/mol. The van der Waals surface area contributed by atoms with Crippen LogP contribution in [0.5, 0.6) is 0 Å². The number of hydrogen-bond acceptors (Lipinski definition) is 4. The smallest absolute Gasteiger partial charge is 0.211 e. The molecule has 0 aliphatic rings. The molecule has 2 N–H and O–H groups in total. The van der Waals surface area contributed by atoms with Crippen molar-refractivity contribution in [2.45, 2.75) is 53.1 Å². The maximum atomic E-state index is 11.5. The summed E-state index contributed by atoms with van der Waals surface area (Å²) < 4.78 is 24.5. The Labute approximate surface area is 148 Å². The zero-order valence-electron chi connectivity index (χ0n) is 16.5. The number of aliphatic imine (C=N–C) groups is 1. The Morgan fingerprint density at radius 3 is 2.00 bits per heavy atom. The van der Waals surface area contributed by atoms with Crippen LogP contribution in [0, 0.1) is 0 Å². The van der Waals surface area contributed by atoms with Crippen LogP contribution in [0.15, 0.2) is 4.99 Å². The van der Waals surface area contributed by atoms with Crippen LogP contribution in [-0.2, 0) is 10.0 Å². The fraction of sp³-hybridized carbons (Fsp3) is 0.938. The van der Waals surface area contributed by atoms with Gasteiger partial charge in [0.05, 0.1) is 6.26 Å². The van der Waals surface area contributed by atoms with Crippen molar-refractivity contribution in [2.24, 2.45) is 4.99 Å². The summed E-state index contributed by atoms with van der Waals surface area (Å²) in [6.45, 7) is 14.1. The Hall–Kier alpha value is -0.860. The summed E-state index contributed by atoms with van der Waals surface area (Å²) in [5.74, 6) is 0.755. The summed E-state index contributed by atoms with van der Waals surface area (Å²) in [7, 11) is -1.36. The summed E-state index contributed by atoms with van der Waals surface area (Å²) in [5.41, 5.74) is 0. The van der Waals surface area contributed by atoms with Crippen LogP contribution in [0.3, 0.4) is 0 Å². The normalized spacial score (nSPS) is 13.4. The van der Waals surface area contributed by atoms with Crippen LogP contribution in [0.2, 0.25) is 0 Å². The molecule has 0 aromatic carbocycles. The molecule has 0 rings (SSSR count). The minimum absolute atomic E-state index is 0.506. The van der Waals surface area contributed by atoms with Gasteiger partial charge < -0.3 is 10.6 Å². The van der Waals surface area contributed by atoms with Crippen molar-refractivity contribution in [3.63, 3.8) is 0 Å². The summed E-state index contributed by atoms with van der Waals surface area (Å²) in [5, 5.41) is 6.54. The molecule has 0 aliphatic heterocycles. The van der Waals surface area contributed by atoms with E-state index in [0.717, 1.165) is 25.5 Å². The van der Waals surface area contributed by atoms with E-state index >= 15 is 0 Å². The average molecular weight is 364 g/mol. The highest BCUT2D eigenvalue weighted by Gasteiger charge is 2.14. The molecule has 0 aromatic rings. The molecule has 0 heterocycles. The number of sulfonamides is 1. The number of rotatable bonds is 11. The largest absolute Gasteiger partial charge is 0.356 e. The van der Waals surface area contributed by atoms with E-state index < -0.39 is 10.0 Å². The van der Waals surface area contributed by atoms with Gasteiger partial charge in [-0.1, -0.05) is 6.92 Å². The Kier molecular flexibility index (Phi) is 11.2. The molecule has 0 radical (unpaired) electrons. The second-order valence-corrected chi connectivity index (χ2v) is 8.44. The molecule has 24 heavy (non-hydrogen) atoms. The van der Waals surface area contributed by atoms with E-state index in [2.05, 4.69) is 48.2 Å². The Morgan fingerprint density at radius 1 is 1.04 bits per heavy atom. The first-order valence-electron chi connectivity index (χ1n) is 8.78. The average Bonchev–Trinajstić information content (AvgIpc) is 2.46. The summed E-state index contributed by atoms with van der Waals surface area (Å²) in [6, 6.07) is 1.02. The summed E-state index contributed by atoms with van der Waals surface area (Å²) >= 11 is 0. The van der Waals surface area contributed by atoms with Gasteiger partial charge >= 0.3 is 0 Å². The lowest BCUT2D eigenvalue weighted by molar-refractivity contribution is 0.178. The molecule has 0 spiro atoms. The molecule has 0 saturated heterocycles. The van der Waals surface area contributed by atoms with Gasteiger partial charge in [-0.3, -0.25) is 9.89 Å². The molecule has 0 aromatic heterocycles. The Balaban J connectivity index is 4.13. The van der Waals surface area contributed by atoms with E-state index in [4.69, 9.17) is 0 Å². The van der Waals surface area contributed by atoms with Crippen LogP contribution < -0.4 is 10.6 Å². The first-order valence-corrected chi connectivity index (χ1v) is 10.6. The van der Waals surface area contributed by atoms with Crippen molar-refractivity contribution in [2.75, 3.05) is 46.0 Å². The number of nitrogens with one attached hydrogen (secondary N) is 2. The maximum absolute atomic E-state index is 11.5. The molecule has 0 fully saturated rings. The summed E-state index contributed by atoms with van der Waals surface area (Å²) in [4.78, 5) is 6.63. The molecule has 0 saturated carbocycles. The van der Waals surface area contributed by atoms with Gasteiger partial charge in [0.1, 0.15) is 0 Å². The van der Waals surface area contributed by atoms with Gasteiger partial charge in [-0.05, 0) is 34.1 Å². The lowest BCUT2D eigenvalue weighted by Crippen LogP contribution is -2.45. The van der Waals surface area contributed by atoms with Crippen LogP contribution in [0.4, 0.5) is 0 Å². The van der Waals surface area contributed by atoms with Crippen molar-refractivity contribution >= 4 is 16.0 Å². The van der Waals surface area contributed by atoms with Crippen LogP contribution in [0.25, 0.3) is 0 Å². The second kappa shape index (κ2) is 11.7. The van der Waals surface area contributed by atoms with Gasteiger partial charge in [0, 0.05) is 51.9 Å². The second-order valence-electron chi connectivity index (χ2n) is 6.46. The third-order valence-electron chi connectivity index (χ3n) is 3.91. The topological polar surface area (TPSA) is 77.0 Å². The van der Waals surface area contributed by atoms with E-state index in [-0.39, 0.29) is 0 Å². The van der Waals surface area contributed by atoms with Crippen LogP contribution >= 0.6 is 0 Å². The fourth-order valence-electron chi connectivity index (χ4n) is 2.66. The van der Waals surface area contributed by atoms with E-state index in [1.165, 1.54) is 10.6 Å². The maximum Gasteiger partial charge on any atom is 0.211 e. The number of guanidine groups is 1. The van der Waals surface area contributed by atoms with Crippen molar-refractivity contribution in [3.8, 4) is 0 Å². The SMILES string of the molecule is CCN(CCCNC(=NC)NCCN(C(C)C)C(C)C)S(C)(=O)=O. The molecule has 0 bridgehead atoms. The lowest BCUT2D eigenvalue weighted by Gasteiger charge is -2.30. The first kappa shape index (κ1) is 23.1. The molecule has 8 heteroatoms. The van der Waals surface area contributed by atoms with Crippen molar-refractivity contribution in [3.05, 3.63) is 0 Å². The first-order chi connectivity index (χ1) is 11.1. The van der Waals surface area contributed by atoms with E-state index in [1.807, 2.05) is 6.92 Å². The Morgan fingerprint density at radius 2 is 1.58 bits per heavy atom. The van der Waals surface area contributed by atoms with Gasteiger partial charge in [0.2, 0.25) is 10.0 Å². The Bertz CT molecular complexity index is 455. The van der Waals surface area contributed by atoms with E-state index in [0.29, 0.717) is 31.7 Å². The van der Waals surface area contributed by atoms with Gasteiger partial charge in [-0.2, -0.15) is 0 Å². The molecule has 0 atom stereocenters. The molecule has 0 aliphatic carbocycles. The van der Waals surface area contributed by atoms with Crippen molar-refractivity contribution < 1.29 is 8.42 Å². The van der Waals surface area contributed by atoms with Gasteiger partial charge in [-0.15, -0.1) is 0 Å². The van der Waals surface area contributed by atoms with Crippen LogP contribution in [0.1, 0.15) is 41.0 Å². The molecule has 0 amide bonds. The predicted octanol–water partition coefficient (Wildman–Crippen LogP) is 0.942. The number of hydrogen-bond donors (Lipinski definition) is 2. The lowest BCUT2D eigenvalue weighted by atomic mass is 10.2. The minimum Gasteiger partial charge on any atom is -0.356 e. The van der Waals surface area contributed by atoms with Crippen molar-refractivity contribution in [1.82, 2.24) is 19.8 Å². The van der Waals surface area contributed by atoms with Crippen molar-refractivity contribution in [1.29, 1.82) is 0 Å². The van der Waals surface area contributed by atoms with E-state index in [9.17, 15) is 8.42 Å².